The van der Waals surface area contributed by atoms with Crippen LogP contribution in [-0.2, 0) is 16.1 Å². The van der Waals surface area contributed by atoms with Gasteiger partial charge in [-0.25, -0.2) is 0 Å². The molecule has 3 rings (SSSR count). The molecule has 0 saturated carbocycles. The number of carbonyl (C=O) groups is 2. The maximum absolute atomic E-state index is 13.2. The minimum atomic E-state index is -0.233. The molecule has 5 heteroatoms. The quantitative estimate of drug-likeness (QED) is 0.817. The van der Waals surface area contributed by atoms with Crippen molar-refractivity contribution in [3.63, 3.8) is 0 Å². The number of fused-ring (bicyclic) bond motifs is 1. The smallest absolute Gasteiger partial charge is 0.241 e. The Bertz CT molecular complexity index is 899. The van der Waals surface area contributed by atoms with Crippen LogP contribution in [0.5, 0.6) is 0 Å². The Kier molecular flexibility index (Phi) is 6.13. The Morgan fingerprint density at radius 1 is 1.25 bits per heavy atom. The first kappa shape index (κ1) is 19.7. The Balaban J connectivity index is 1.81. The number of benzene rings is 2. The van der Waals surface area contributed by atoms with Gasteiger partial charge < -0.3 is 10.2 Å². The fraction of sp³-hybridized carbons (Fsp3) is 0.304. The molecule has 0 spiro atoms. The number of nitrogens with zero attached hydrogens (tertiary/aromatic N) is 2. The van der Waals surface area contributed by atoms with Crippen LogP contribution < -0.4 is 10.2 Å². The summed E-state index contributed by atoms with van der Waals surface area (Å²) in [6.07, 6.45) is 5.79. The van der Waals surface area contributed by atoms with Gasteiger partial charge in [-0.3, -0.25) is 14.5 Å². The molecule has 0 aromatic heterocycles. The predicted octanol–water partition coefficient (Wildman–Crippen LogP) is 3.19. The summed E-state index contributed by atoms with van der Waals surface area (Å²) in [4.78, 5) is 29.0. The lowest BCUT2D eigenvalue weighted by atomic mass is 10.1. The van der Waals surface area contributed by atoms with E-state index in [1.165, 1.54) is 5.56 Å². The monoisotopic (exact) mass is 375 g/mol. The SMILES string of the molecule is C#CCN(CC(=O)N1c2ccccc2NC(=O)CC1C)Cc1ccc(C)cc1. The van der Waals surface area contributed by atoms with Crippen LogP contribution in [0.4, 0.5) is 11.4 Å². The molecule has 144 valence electrons. The molecule has 5 nitrogen and oxygen atoms in total. The Hall–Kier alpha value is -3.10. The van der Waals surface area contributed by atoms with E-state index in [2.05, 4.69) is 35.5 Å². The largest absolute Gasteiger partial charge is 0.324 e. The van der Waals surface area contributed by atoms with Crippen LogP contribution in [0.1, 0.15) is 24.5 Å². The van der Waals surface area contributed by atoms with Gasteiger partial charge in [-0.2, -0.15) is 0 Å². The summed E-state index contributed by atoms with van der Waals surface area (Å²) in [6, 6.07) is 15.4. The standard InChI is InChI=1S/C23H25N3O2/c1-4-13-25(15-19-11-9-17(2)10-12-19)16-23(28)26-18(3)14-22(27)24-20-7-5-6-8-21(20)26/h1,5-12,18H,13-16H2,2-3H3,(H,24,27). The molecule has 1 N–H and O–H groups in total. The predicted molar refractivity (Wildman–Crippen MR) is 112 cm³/mol. The van der Waals surface area contributed by atoms with Crippen LogP contribution in [-0.4, -0.2) is 35.8 Å². The molecule has 0 aliphatic carbocycles. The van der Waals surface area contributed by atoms with Crippen molar-refractivity contribution in [2.45, 2.75) is 32.9 Å². The number of terminal acetylenes is 1. The number of aryl methyl sites for hydroxylation is 1. The molecule has 1 aliphatic heterocycles. The van der Waals surface area contributed by atoms with E-state index in [1.54, 1.807) is 4.90 Å². The van der Waals surface area contributed by atoms with Gasteiger partial charge in [-0.05, 0) is 31.5 Å². The van der Waals surface area contributed by atoms with Crippen LogP contribution >= 0.6 is 0 Å². The normalized spacial score (nSPS) is 16.1. The lowest BCUT2D eigenvalue weighted by Gasteiger charge is -2.30. The van der Waals surface area contributed by atoms with Crippen molar-refractivity contribution < 1.29 is 9.59 Å². The number of para-hydroxylation sites is 2. The summed E-state index contributed by atoms with van der Waals surface area (Å²) in [5.41, 5.74) is 3.68. The molecule has 2 aromatic carbocycles. The van der Waals surface area contributed by atoms with Crippen molar-refractivity contribution in [1.82, 2.24) is 4.90 Å². The van der Waals surface area contributed by atoms with Crippen molar-refractivity contribution >= 4 is 23.2 Å². The molecule has 0 bridgehead atoms. The van der Waals surface area contributed by atoms with Gasteiger partial charge in [-0.15, -0.1) is 6.42 Å². The van der Waals surface area contributed by atoms with Gasteiger partial charge in [0.25, 0.3) is 0 Å². The minimum Gasteiger partial charge on any atom is -0.324 e. The second-order valence-corrected chi connectivity index (χ2v) is 7.22. The Morgan fingerprint density at radius 3 is 2.68 bits per heavy atom. The zero-order chi connectivity index (χ0) is 20.1. The zero-order valence-corrected chi connectivity index (χ0v) is 16.3. The van der Waals surface area contributed by atoms with Gasteiger partial charge in [0, 0.05) is 19.0 Å². The van der Waals surface area contributed by atoms with Crippen molar-refractivity contribution in [2.75, 3.05) is 23.3 Å². The highest BCUT2D eigenvalue weighted by Gasteiger charge is 2.30. The van der Waals surface area contributed by atoms with Gasteiger partial charge in [0.15, 0.2) is 0 Å². The lowest BCUT2D eigenvalue weighted by molar-refractivity contribution is -0.120. The summed E-state index contributed by atoms with van der Waals surface area (Å²) >= 11 is 0. The lowest BCUT2D eigenvalue weighted by Crippen LogP contribution is -2.45. The fourth-order valence-corrected chi connectivity index (χ4v) is 3.48. The van der Waals surface area contributed by atoms with Gasteiger partial charge in [-0.1, -0.05) is 47.9 Å². The van der Waals surface area contributed by atoms with E-state index >= 15 is 0 Å². The van der Waals surface area contributed by atoms with Crippen molar-refractivity contribution in [2.24, 2.45) is 0 Å². The molecule has 0 fully saturated rings. The van der Waals surface area contributed by atoms with Gasteiger partial charge >= 0.3 is 0 Å². The van der Waals surface area contributed by atoms with E-state index in [4.69, 9.17) is 6.42 Å². The average molecular weight is 375 g/mol. The van der Waals surface area contributed by atoms with Crippen molar-refractivity contribution in [3.05, 3.63) is 59.7 Å². The highest BCUT2D eigenvalue weighted by atomic mass is 16.2. The van der Waals surface area contributed by atoms with E-state index in [1.807, 2.05) is 43.0 Å². The molecule has 0 saturated heterocycles. The third-order valence-corrected chi connectivity index (χ3v) is 4.83. The number of amides is 2. The number of nitrogens with one attached hydrogen (secondary N) is 1. The number of carbonyl (C=O) groups excluding carboxylic acids is 2. The van der Waals surface area contributed by atoms with Crippen LogP contribution in [0.2, 0.25) is 0 Å². The van der Waals surface area contributed by atoms with E-state index in [-0.39, 0.29) is 30.8 Å². The molecule has 2 aromatic rings. The first-order chi connectivity index (χ1) is 13.5. The molecule has 2 amide bonds. The first-order valence-corrected chi connectivity index (χ1v) is 9.40. The number of hydrogen-bond donors (Lipinski definition) is 1. The van der Waals surface area contributed by atoms with Crippen molar-refractivity contribution in [1.29, 1.82) is 0 Å². The minimum absolute atomic E-state index is 0.0705. The van der Waals surface area contributed by atoms with Crippen molar-refractivity contribution in [3.8, 4) is 12.3 Å². The van der Waals surface area contributed by atoms with E-state index in [9.17, 15) is 9.59 Å². The topological polar surface area (TPSA) is 52.7 Å². The fourth-order valence-electron chi connectivity index (χ4n) is 3.48. The third-order valence-electron chi connectivity index (χ3n) is 4.83. The molecule has 1 heterocycles. The summed E-state index contributed by atoms with van der Waals surface area (Å²) in [7, 11) is 0. The Morgan fingerprint density at radius 2 is 1.96 bits per heavy atom. The van der Waals surface area contributed by atoms with Crippen LogP contribution in [0.15, 0.2) is 48.5 Å². The second-order valence-electron chi connectivity index (χ2n) is 7.22. The molecule has 1 aliphatic rings. The maximum atomic E-state index is 13.2. The van der Waals surface area contributed by atoms with E-state index < -0.39 is 0 Å². The van der Waals surface area contributed by atoms with E-state index in [0.717, 1.165) is 11.3 Å². The summed E-state index contributed by atoms with van der Waals surface area (Å²) < 4.78 is 0. The third kappa shape index (κ3) is 4.59. The van der Waals surface area contributed by atoms with Gasteiger partial charge in [0.05, 0.1) is 24.5 Å². The number of rotatable bonds is 5. The molecule has 28 heavy (non-hydrogen) atoms. The number of hydrogen-bond acceptors (Lipinski definition) is 3. The average Bonchev–Trinajstić information content (AvgIpc) is 2.78. The van der Waals surface area contributed by atoms with Crippen LogP contribution in [0.25, 0.3) is 0 Å². The highest BCUT2D eigenvalue weighted by Crippen LogP contribution is 2.31. The molecular formula is C23H25N3O2. The second kappa shape index (κ2) is 8.73. The molecule has 0 radical (unpaired) electrons. The van der Waals surface area contributed by atoms with Crippen LogP contribution in [0.3, 0.4) is 0 Å². The molecule has 1 unspecified atom stereocenters. The Labute approximate surface area is 166 Å². The van der Waals surface area contributed by atoms with Gasteiger partial charge in [0.1, 0.15) is 0 Å². The highest BCUT2D eigenvalue weighted by molar-refractivity contribution is 6.04. The van der Waals surface area contributed by atoms with Gasteiger partial charge in [0.2, 0.25) is 11.8 Å². The summed E-state index contributed by atoms with van der Waals surface area (Å²) in [5, 5.41) is 2.88. The summed E-state index contributed by atoms with van der Waals surface area (Å²) in [5.74, 6) is 2.49. The summed E-state index contributed by atoms with van der Waals surface area (Å²) in [6.45, 7) is 5.09. The van der Waals surface area contributed by atoms with E-state index in [0.29, 0.717) is 18.8 Å². The zero-order valence-electron chi connectivity index (χ0n) is 16.3. The first-order valence-electron chi connectivity index (χ1n) is 9.40. The maximum Gasteiger partial charge on any atom is 0.241 e. The molecular weight excluding hydrogens is 350 g/mol. The van der Waals surface area contributed by atoms with Crippen LogP contribution in [0, 0.1) is 19.3 Å². The number of anilines is 2. The molecule has 1 atom stereocenters.